The zero-order valence-corrected chi connectivity index (χ0v) is 14.4. The van der Waals surface area contributed by atoms with Crippen LogP contribution in [0.5, 0.6) is 5.75 Å². The Morgan fingerprint density at radius 1 is 1.23 bits per heavy atom. The van der Waals surface area contributed by atoms with E-state index in [-0.39, 0.29) is 17.0 Å². The summed E-state index contributed by atoms with van der Waals surface area (Å²) in [7, 11) is 0. The summed E-state index contributed by atoms with van der Waals surface area (Å²) in [6.07, 6.45) is 2.12. The van der Waals surface area contributed by atoms with E-state index in [9.17, 15) is 14.7 Å². The maximum absolute atomic E-state index is 12.2. The average molecular weight is 372 g/mol. The van der Waals surface area contributed by atoms with Crippen molar-refractivity contribution in [3.8, 4) is 5.75 Å². The summed E-state index contributed by atoms with van der Waals surface area (Å²) in [6.45, 7) is -0.549. The van der Waals surface area contributed by atoms with Gasteiger partial charge in [0.2, 0.25) is 0 Å². The number of carboxylic acids is 1. The molecule has 9 heteroatoms. The Hall–Kier alpha value is -3.07. The van der Waals surface area contributed by atoms with Gasteiger partial charge in [0.25, 0.3) is 5.91 Å². The molecule has 134 valence electrons. The van der Waals surface area contributed by atoms with Gasteiger partial charge >= 0.3 is 5.97 Å². The number of pyridine rings is 1. The standard InChI is InChI=1S/C17H16N4O4S/c22-12-8-13(26-7-6-11-4-2-1-3-5-11)21-16(19-10-20-21)15(12)17(25)18-9-14(23)24/h1-5,8,10,22H,6-7,9H2,(H,18,25)(H,23,24). The van der Waals surface area contributed by atoms with E-state index >= 15 is 0 Å². The van der Waals surface area contributed by atoms with Gasteiger partial charge in [-0.1, -0.05) is 30.3 Å². The molecule has 2 aromatic heterocycles. The normalized spacial score (nSPS) is 10.8. The second-order valence-electron chi connectivity index (χ2n) is 5.40. The van der Waals surface area contributed by atoms with Gasteiger partial charge in [0.15, 0.2) is 5.65 Å². The van der Waals surface area contributed by atoms with Crippen molar-refractivity contribution in [2.45, 2.75) is 11.4 Å². The highest BCUT2D eigenvalue weighted by Crippen LogP contribution is 2.29. The Morgan fingerprint density at radius 2 is 2.00 bits per heavy atom. The number of benzene rings is 1. The van der Waals surface area contributed by atoms with Gasteiger partial charge in [-0.25, -0.2) is 9.50 Å². The van der Waals surface area contributed by atoms with Crippen molar-refractivity contribution in [1.29, 1.82) is 0 Å². The predicted molar refractivity (Wildman–Crippen MR) is 95.5 cm³/mol. The fraction of sp³-hybridized carbons (Fsp3) is 0.176. The second-order valence-corrected chi connectivity index (χ2v) is 6.51. The third-order valence-electron chi connectivity index (χ3n) is 3.61. The van der Waals surface area contributed by atoms with Crippen molar-refractivity contribution in [2.24, 2.45) is 0 Å². The number of hydrogen-bond acceptors (Lipinski definition) is 6. The van der Waals surface area contributed by atoms with Crippen LogP contribution in [0, 0.1) is 0 Å². The van der Waals surface area contributed by atoms with E-state index in [1.54, 1.807) is 0 Å². The number of hydrogen-bond donors (Lipinski definition) is 3. The maximum Gasteiger partial charge on any atom is 0.322 e. The first-order valence-corrected chi connectivity index (χ1v) is 8.77. The highest BCUT2D eigenvalue weighted by molar-refractivity contribution is 7.99. The summed E-state index contributed by atoms with van der Waals surface area (Å²) in [6, 6.07) is 11.4. The average Bonchev–Trinajstić information content (AvgIpc) is 3.10. The van der Waals surface area contributed by atoms with Crippen LogP contribution in [-0.2, 0) is 11.2 Å². The number of carbonyl (C=O) groups is 2. The lowest BCUT2D eigenvalue weighted by molar-refractivity contribution is -0.135. The van der Waals surface area contributed by atoms with Crippen molar-refractivity contribution in [3.63, 3.8) is 0 Å². The molecule has 3 N–H and O–H groups in total. The number of nitrogens with one attached hydrogen (secondary N) is 1. The molecule has 0 aliphatic rings. The first kappa shape index (κ1) is 17.7. The van der Waals surface area contributed by atoms with E-state index in [1.165, 1.54) is 34.2 Å². The van der Waals surface area contributed by atoms with Gasteiger partial charge < -0.3 is 15.5 Å². The molecule has 0 bridgehead atoms. The molecule has 0 unspecified atom stereocenters. The SMILES string of the molecule is O=C(O)CNC(=O)c1c(O)cc(SCCc2ccccc2)n2ncnc12. The van der Waals surface area contributed by atoms with Crippen LogP contribution in [0.15, 0.2) is 47.8 Å². The van der Waals surface area contributed by atoms with E-state index in [0.29, 0.717) is 5.03 Å². The van der Waals surface area contributed by atoms with Crippen molar-refractivity contribution >= 4 is 29.3 Å². The number of aromatic hydroxyl groups is 1. The molecule has 2 heterocycles. The molecule has 0 atom stereocenters. The van der Waals surface area contributed by atoms with E-state index < -0.39 is 18.4 Å². The summed E-state index contributed by atoms with van der Waals surface area (Å²) in [5, 5.41) is 25.9. The van der Waals surface area contributed by atoms with E-state index in [2.05, 4.69) is 15.4 Å². The molecule has 3 aromatic rings. The predicted octanol–water partition coefficient (Wildman–Crippen LogP) is 1.58. The molecule has 0 radical (unpaired) electrons. The van der Waals surface area contributed by atoms with Crippen LogP contribution in [-0.4, -0.2) is 49.0 Å². The van der Waals surface area contributed by atoms with Crippen LogP contribution in [0.25, 0.3) is 5.65 Å². The van der Waals surface area contributed by atoms with E-state index in [1.807, 2.05) is 30.3 Å². The molecule has 0 saturated heterocycles. The number of rotatable bonds is 7. The molecule has 0 aliphatic carbocycles. The van der Waals surface area contributed by atoms with Gasteiger partial charge in [0, 0.05) is 11.8 Å². The van der Waals surface area contributed by atoms with Crippen LogP contribution in [0.2, 0.25) is 0 Å². The first-order valence-electron chi connectivity index (χ1n) is 7.78. The topological polar surface area (TPSA) is 117 Å². The maximum atomic E-state index is 12.2. The number of fused-ring (bicyclic) bond motifs is 1. The van der Waals surface area contributed by atoms with Crippen LogP contribution in [0.4, 0.5) is 0 Å². The minimum Gasteiger partial charge on any atom is -0.507 e. The molecule has 26 heavy (non-hydrogen) atoms. The molecule has 0 spiro atoms. The van der Waals surface area contributed by atoms with Crippen LogP contribution < -0.4 is 5.32 Å². The zero-order valence-electron chi connectivity index (χ0n) is 13.6. The van der Waals surface area contributed by atoms with Crippen molar-refractivity contribution < 1.29 is 19.8 Å². The molecule has 0 fully saturated rings. The van der Waals surface area contributed by atoms with Gasteiger partial charge in [-0.2, -0.15) is 5.10 Å². The second kappa shape index (κ2) is 7.87. The van der Waals surface area contributed by atoms with Gasteiger partial charge in [0.1, 0.15) is 29.2 Å². The fourth-order valence-corrected chi connectivity index (χ4v) is 3.42. The van der Waals surface area contributed by atoms with Gasteiger partial charge in [-0.3, -0.25) is 9.59 Å². The number of thioether (sulfide) groups is 1. The molecule has 1 amide bonds. The van der Waals surface area contributed by atoms with Crippen LogP contribution in [0.3, 0.4) is 0 Å². The Morgan fingerprint density at radius 3 is 2.73 bits per heavy atom. The zero-order chi connectivity index (χ0) is 18.5. The minimum absolute atomic E-state index is 0.101. The number of nitrogens with zero attached hydrogens (tertiary/aromatic N) is 3. The number of carbonyl (C=O) groups excluding carboxylic acids is 1. The molecule has 3 rings (SSSR count). The lowest BCUT2D eigenvalue weighted by Gasteiger charge is -2.10. The first-order chi connectivity index (χ1) is 12.6. The number of aromatic nitrogens is 3. The number of aliphatic carboxylic acids is 1. The number of amides is 1. The Labute approximate surface area is 152 Å². The minimum atomic E-state index is -1.18. The lowest BCUT2D eigenvalue weighted by Crippen LogP contribution is -2.29. The van der Waals surface area contributed by atoms with Gasteiger partial charge in [-0.05, 0) is 12.0 Å². The van der Waals surface area contributed by atoms with Crippen molar-refractivity contribution in [2.75, 3.05) is 12.3 Å². The Kier molecular flexibility index (Phi) is 5.37. The molecule has 8 nitrogen and oxygen atoms in total. The van der Waals surface area contributed by atoms with Crippen molar-refractivity contribution in [1.82, 2.24) is 19.9 Å². The van der Waals surface area contributed by atoms with Gasteiger partial charge in [0.05, 0.1) is 0 Å². The summed E-state index contributed by atoms with van der Waals surface area (Å²) >= 11 is 1.48. The summed E-state index contributed by atoms with van der Waals surface area (Å²) in [4.78, 5) is 26.8. The van der Waals surface area contributed by atoms with Crippen molar-refractivity contribution in [3.05, 3.63) is 53.9 Å². The summed E-state index contributed by atoms with van der Waals surface area (Å²) < 4.78 is 1.46. The quantitative estimate of drug-likeness (QED) is 0.539. The fourth-order valence-electron chi connectivity index (χ4n) is 2.42. The van der Waals surface area contributed by atoms with E-state index in [4.69, 9.17) is 5.11 Å². The monoisotopic (exact) mass is 372 g/mol. The third-order valence-corrected chi connectivity index (χ3v) is 4.60. The van der Waals surface area contributed by atoms with Crippen LogP contribution >= 0.6 is 11.8 Å². The highest BCUT2D eigenvalue weighted by atomic mass is 32.2. The van der Waals surface area contributed by atoms with E-state index in [0.717, 1.165) is 12.2 Å². The molecular formula is C17H16N4O4S. The lowest BCUT2D eigenvalue weighted by atomic mass is 10.2. The smallest absolute Gasteiger partial charge is 0.322 e. The Bertz CT molecular complexity index is 943. The summed E-state index contributed by atoms with van der Waals surface area (Å²) in [5.41, 5.74) is 1.27. The Balaban J connectivity index is 1.80. The molecular weight excluding hydrogens is 356 g/mol. The number of aryl methyl sites for hydroxylation is 1. The highest BCUT2D eigenvalue weighted by Gasteiger charge is 2.20. The molecule has 1 aromatic carbocycles. The third kappa shape index (κ3) is 3.94. The molecule has 0 saturated carbocycles. The van der Waals surface area contributed by atoms with Crippen LogP contribution in [0.1, 0.15) is 15.9 Å². The summed E-state index contributed by atoms with van der Waals surface area (Å²) in [5.74, 6) is -1.41. The largest absolute Gasteiger partial charge is 0.507 e. The van der Waals surface area contributed by atoms with Gasteiger partial charge in [-0.15, -0.1) is 11.8 Å². The number of carboxylic acid groups (broad SMARTS) is 1. The molecule has 0 aliphatic heterocycles.